The van der Waals surface area contributed by atoms with Crippen LogP contribution in [-0.4, -0.2) is 62.0 Å². The fraction of sp³-hybridized carbons (Fsp3) is 0.273. The number of hydrogen-bond acceptors (Lipinski definition) is 7. The Balaban J connectivity index is 1.31. The van der Waals surface area contributed by atoms with Gasteiger partial charge in [-0.2, -0.15) is 0 Å². The monoisotopic (exact) mass is 536 g/mol. The van der Waals surface area contributed by atoms with Crippen LogP contribution >= 0.6 is 0 Å². The van der Waals surface area contributed by atoms with Crippen LogP contribution in [0.4, 0.5) is 0 Å². The third-order valence-corrected chi connectivity index (χ3v) is 7.62. The predicted octanol–water partition coefficient (Wildman–Crippen LogP) is 5.76. The molecule has 1 aliphatic rings. The zero-order valence-corrected chi connectivity index (χ0v) is 22.8. The number of benzene rings is 3. The van der Waals surface area contributed by atoms with Crippen molar-refractivity contribution in [1.29, 1.82) is 0 Å². The van der Waals surface area contributed by atoms with Crippen molar-refractivity contribution in [3.63, 3.8) is 0 Å². The Morgan fingerprint density at radius 2 is 1.73 bits per heavy atom. The first kappa shape index (κ1) is 26.0. The summed E-state index contributed by atoms with van der Waals surface area (Å²) < 4.78 is 17.9. The molecule has 1 saturated heterocycles. The highest BCUT2D eigenvalue weighted by Crippen LogP contribution is 2.40. The normalized spacial score (nSPS) is 14.7. The minimum atomic E-state index is -0.442. The minimum absolute atomic E-state index is 0.199. The lowest BCUT2D eigenvalue weighted by molar-refractivity contribution is 0.101. The number of rotatable bonds is 8. The van der Waals surface area contributed by atoms with E-state index >= 15 is 0 Å². The quantitative estimate of drug-likeness (QED) is 0.142. The average molecular weight is 537 g/mol. The van der Waals surface area contributed by atoms with Crippen LogP contribution < -0.4 is 10.4 Å². The molecule has 5 aromatic rings. The molecule has 3 aromatic carbocycles. The van der Waals surface area contributed by atoms with Crippen molar-refractivity contribution in [2.45, 2.75) is 13.3 Å². The highest BCUT2D eigenvalue weighted by molar-refractivity contribution is 6.20. The van der Waals surface area contributed by atoms with Crippen molar-refractivity contribution in [3.05, 3.63) is 100 Å². The van der Waals surface area contributed by atoms with E-state index in [1.54, 1.807) is 12.1 Å². The van der Waals surface area contributed by atoms with Crippen molar-refractivity contribution >= 4 is 27.7 Å². The number of nitrogens with zero attached hydrogens (tertiary/aromatic N) is 2. The van der Waals surface area contributed by atoms with Gasteiger partial charge in [-0.05, 0) is 55.8 Å². The van der Waals surface area contributed by atoms with E-state index in [0.717, 1.165) is 55.7 Å². The molecule has 0 N–H and O–H groups in total. The van der Waals surface area contributed by atoms with Gasteiger partial charge in [0.15, 0.2) is 5.76 Å². The summed E-state index contributed by atoms with van der Waals surface area (Å²) >= 11 is 0. The van der Waals surface area contributed by atoms with Crippen LogP contribution in [0.2, 0.25) is 0 Å². The fourth-order valence-electron chi connectivity index (χ4n) is 5.41. The lowest BCUT2D eigenvalue weighted by atomic mass is 9.96. The molecule has 0 radical (unpaired) electrons. The van der Waals surface area contributed by atoms with Crippen LogP contribution in [0, 0.1) is 6.92 Å². The Kier molecular flexibility index (Phi) is 7.24. The second-order valence-electron chi connectivity index (χ2n) is 10.4. The molecule has 7 nitrogen and oxygen atoms in total. The number of carbonyl (C=O) groups is 1. The summed E-state index contributed by atoms with van der Waals surface area (Å²) in [5, 5.41) is 1.42. The Morgan fingerprint density at radius 3 is 2.52 bits per heavy atom. The molecule has 0 amide bonds. The van der Waals surface area contributed by atoms with Crippen LogP contribution in [0.3, 0.4) is 0 Å². The first-order valence-corrected chi connectivity index (χ1v) is 13.7. The molecule has 0 spiro atoms. The Labute approximate surface area is 232 Å². The number of ketones is 1. The van der Waals surface area contributed by atoms with Crippen LogP contribution in [-0.2, 0) is 0 Å². The maximum atomic E-state index is 13.9. The van der Waals surface area contributed by atoms with Crippen molar-refractivity contribution in [2.75, 3.05) is 46.4 Å². The molecule has 2 aromatic heterocycles. The van der Waals surface area contributed by atoms with Gasteiger partial charge in [-0.1, -0.05) is 42.5 Å². The van der Waals surface area contributed by atoms with Gasteiger partial charge in [0.1, 0.15) is 16.9 Å². The SMILES string of the molecule is Cc1cc(=O)oc2c1ccc1oc(C(=O)c3cccc(OCCCN4CCN(C)CC4)c3)c(-c3ccccc3)c12. The van der Waals surface area contributed by atoms with Crippen molar-refractivity contribution in [1.82, 2.24) is 9.80 Å². The lowest BCUT2D eigenvalue weighted by Gasteiger charge is -2.32. The van der Waals surface area contributed by atoms with Gasteiger partial charge in [0.25, 0.3) is 0 Å². The van der Waals surface area contributed by atoms with Crippen LogP contribution in [0.25, 0.3) is 33.1 Å². The largest absolute Gasteiger partial charge is 0.494 e. The number of ether oxygens (including phenoxy) is 1. The summed E-state index contributed by atoms with van der Waals surface area (Å²) in [6.45, 7) is 7.80. The average Bonchev–Trinajstić information content (AvgIpc) is 3.37. The number of piperazine rings is 1. The molecule has 0 bridgehead atoms. The molecule has 3 heterocycles. The van der Waals surface area contributed by atoms with E-state index in [9.17, 15) is 9.59 Å². The van der Waals surface area contributed by atoms with Crippen molar-refractivity contribution in [2.24, 2.45) is 0 Å². The fourth-order valence-corrected chi connectivity index (χ4v) is 5.41. The Morgan fingerprint density at radius 1 is 0.925 bits per heavy atom. The molecular formula is C33H32N2O5. The molecule has 6 rings (SSSR count). The molecule has 7 heteroatoms. The zero-order chi connectivity index (χ0) is 27.6. The van der Waals surface area contributed by atoms with E-state index in [0.29, 0.717) is 40.0 Å². The number of furan rings is 1. The van der Waals surface area contributed by atoms with Gasteiger partial charge in [0.2, 0.25) is 5.78 Å². The molecule has 0 aliphatic carbocycles. The van der Waals surface area contributed by atoms with E-state index in [-0.39, 0.29) is 11.5 Å². The van der Waals surface area contributed by atoms with Gasteiger partial charge in [0, 0.05) is 55.3 Å². The summed E-state index contributed by atoms with van der Waals surface area (Å²) in [6, 6.07) is 22.0. The van der Waals surface area contributed by atoms with E-state index < -0.39 is 5.63 Å². The van der Waals surface area contributed by atoms with Crippen LogP contribution in [0.1, 0.15) is 28.1 Å². The summed E-state index contributed by atoms with van der Waals surface area (Å²) in [4.78, 5) is 31.1. The second-order valence-corrected chi connectivity index (χ2v) is 10.4. The number of hydrogen-bond donors (Lipinski definition) is 0. The maximum Gasteiger partial charge on any atom is 0.336 e. The number of carbonyl (C=O) groups excluding carboxylic acids is 1. The van der Waals surface area contributed by atoms with Crippen molar-refractivity contribution < 1.29 is 18.4 Å². The summed E-state index contributed by atoms with van der Waals surface area (Å²) in [7, 11) is 2.16. The summed E-state index contributed by atoms with van der Waals surface area (Å²) in [6.07, 6.45) is 0.918. The van der Waals surface area contributed by atoms with E-state index in [1.807, 2.05) is 61.5 Å². The molecule has 0 saturated carbocycles. The third-order valence-electron chi connectivity index (χ3n) is 7.62. The van der Waals surface area contributed by atoms with Crippen LogP contribution in [0.5, 0.6) is 5.75 Å². The van der Waals surface area contributed by atoms with Gasteiger partial charge < -0.3 is 23.4 Å². The first-order chi connectivity index (χ1) is 19.5. The molecule has 40 heavy (non-hydrogen) atoms. The van der Waals surface area contributed by atoms with Crippen LogP contribution in [0.15, 0.2) is 86.4 Å². The highest BCUT2D eigenvalue weighted by atomic mass is 16.5. The molecule has 1 aliphatic heterocycles. The number of likely N-dealkylation sites (N-methyl/N-ethyl adjacent to an activating group) is 1. The van der Waals surface area contributed by atoms with Gasteiger partial charge >= 0.3 is 5.63 Å². The maximum absolute atomic E-state index is 13.9. The number of fused-ring (bicyclic) bond motifs is 3. The zero-order valence-electron chi connectivity index (χ0n) is 22.8. The van der Waals surface area contributed by atoms with E-state index in [2.05, 4.69) is 16.8 Å². The Hall–Kier alpha value is -4.20. The third kappa shape index (κ3) is 5.18. The number of aryl methyl sites for hydroxylation is 1. The topological polar surface area (TPSA) is 76.1 Å². The standard InChI is InChI=1S/C33H32N2O5/c1-22-20-28(36)40-32-26(22)12-13-27-30(32)29(23-8-4-3-5-9-23)33(39-27)31(37)24-10-6-11-25(21-24)38-19-7-14-35-17-15-34(2)16-18-35/h3-6,8-13,20-21H,7,14-19H2,1-2H3. The molecule has 0 atom stereocenters. The highest BCUT2D eigenvalue weighted by Gasteiger charge is 2.26. The molecule has 0 unspecified atom stereocenters. The molecule has 1 fully saturated rings. The van der Waals surface area contributed by atoms with Gasteiger partial charge in [-0.25, -0.2) is 4.79 Å². The van der Waals surface area contributed by atoms with E-state index in [1.165, 1.54) is 6.07 Å². The lowest BCUT2D eigenvalue weighted by Crippen LogP contribution is -2.44. The summed E-state index contributed by atoms with van der Waals surface area (Å²) in [5.74, 6) is 0.583. The molecule has 204 valence electrons. The smallest absolute Gasteiger partial charge is 0.336 e. The Bertz CT molecular complexity index is 1730. The summed E-state index contributed by atoms with van der Waals surface area (Å²) in [5.41, 5.74) is 3.15. The first-order valence-electron chi connectivity index (χ1n) is 13.7. The van der Waals surface area contributed by atoms with Gasteiger partial charge in [-0.3, -0.25) is 4.79 Å². The minimum Gasteiger partial charge on any atom is -0.494 e. The van der Waals surface area contributed by atoms with Gasteiger partial charge in [-0.15, -0.1) is 0 Å². The van der Waals surface area contributed by atoms with Crippen molar-refractivity contribution in [3.8, 4) is 16.9 Å². The second kappa shape index (κ2) is 11.1. The predicted molar refractivity (Wildman–Crippen MR) is 156 cm³/mol. The molecular weight excluding hydrogens is 504 g/mol. The van der Waals surface area contributed by atoms with E-state index in [4.69, 9.17) is 13.6 Å². The van der Waals surface area contributed by atoms with Gasteiger partial charge in [0.05, 0.1) is 12.0 Å².